The molecular formula is C17H21NO2. The summed E-state index contributed by atoms with van der Waals surface area (Å²) in [6, 6.07) is 16.1. The van der Waals surface area contributed by atoms with Gasteiger partial charge in [-0.05, 0) is 42.3 Å². The second-order valence-electron chi connectivity index (χ2n) is 4.97. The molecule has 0 aliphatic rings. The number of aliphatic hydroxyl groups is 1. The standard InChI is InChI=1S/C17H21NO2/c1-13(19)15-6-8-16(9-7-15)18(2)12-14-4-10-17(20-3)11-5-14/h4-11,13,19H,12H2,1-3H3. The summed E-state index contributed by atoms with van der Waals surface area (Å²) >= 11 is 0. The number of nitrogens with zero attached hydrogens (tertiary/aromatic N) is 1. The van der Waals surface area contributed by atoms with Crippen LogP contribution >= 0.6 is 0 Å². The SMILES string of the molecule is COc1ccc(CN(C)c2ccc(C(C)O)cc2)cc1. The highest BCUT2D eigenvalue weighted by atomic mass is 16.5. The third-order valence-corrected chi connectivity index (χ3v) is 3.40. The fourth-order valence-electron chi connectivity index (χ4n) is 2.10. The molecule has 0 heterocycles. The number of anilines is 1. The van der Waals surface area contributed by atoms with Crippen molar-refractivity contribution in [1.82, 2.24) is 0 Å². The van der Waals surface area contributed by atoms with Crippen molar-refractivity contribution in [2.75, 3.05) is 19.1 Å². The molecule has 3 heteroatoms. The van der Waals surface area contributed by atoms with Crippen molar-refractivity contribution in [3.05, 3.63) is 59.7 Å². The molecule has 1 N–H and O–H groups in total. The van der Waals surface area contributed by atoms with Gasteiger partial charge in [-0.1, -0.05) is 24.3 Å². The summed E-state index contributed by atoms with van der Waals surface area (Å²) in [5, 5.41) is 9.51. The Hall–Kier alpha value is -2.00. The average Bonchev–Trinajstić information content (AvgIpc) is 2.48. The molecule has 0 aromatic heterocycles. The molecule has 0 fully saturated rings. The minimum absolute atomic E-state index is 0.420. The molecule has 2 aromatic carbocycles. The highest BCUT2D eigenvalue weighted by molar-refractivity contribution is 5.48. The van der Waals surface area contributed by atoms with Gasteiger partial charge in [0.05, 0.1) is 13.2 Å². The Morgan fingerprint density at radius 1 is 1.05 bits per heavy atom. The van der Waals surface area contributed by atoms with Crippen LogP contribution in [0.1, 0.15) is 24.2 Å². The summed E-state index contributed by atoms with van der Waals surface area (Å²) in [7, 11) is 3.73. The van der Waals surface area contributed by atoms with E-state index in [0.29, 0.717) is 0 Å². The van der Waals surface area contributed by atoms with Crippen molar-refractivity contribution in [2.24, 2.45) is 0 Å². The Morgan fingerprint density at radius 3 is 2.15 bits per heavy atom. The van der Waals surface area contributed by atoms with E-state index < -0.39 is 6.10 Å². The number of rotatable bonds is 5. The third kappa shape index (κ3) is 3.52. The van der Waals surface area contributed by atoms with Crippen LogP contribution < -0.4 is 9.64 Å². The van der Waals surface area contributed by atoms with E-state index in [0.717, 1.165) is 23.5 Å². The second-order valence-corrected chi connectivity index (χ2v) is 4.97. The van der Waals surface area contributed by atoms with Crippen LogP contribution in [0.5, 0.6) is 5.75 Å². The molecule has 2 aromatic rings. The number of benzene rings is 2. The summed E-state index contributed by atoms with van der Waals surface area (Å²) in [4.78, 5) is 2.17. The van der Waals surface area contributed by atoms with Gasteiger partial charge in [0, 0.05) is 19.3 Å². The quantitative estimate of drug-likeness (QED) is 0.905. The molecule has 1 unspecified atom stereocenters. The highest BCUT2D eigenvalue weighted by Gasteiger charge is 2.04. The van der Waals surface area contributed by atoms with E-state index in [2.05, 4.69) is 24.1 Å². The van der Waals surface area contributed by atoms with Gasteiger partial charge in [0.15, 0.2) is 0 Å². The Labute approximate surface area is 120 Å². The maximum Gasteiger partial charge on any atom is 0.118 e. The molecule has 0 saturated carbocycles. The fourth-order valence-corrected chi connectivity index (χ4v) is 2.10. The van der Waals surface area contributed by atoms with Crippen molar-refractivity contribution in [3.63, 3.8) is 0 Å². The summed E-state index contributed by atoms with van der Waals surface area (Å²) in [5.41, 5.74) is 3.30. The summed E-state index contributed by atoms with van der Waals surface area (Å²) in [6.45, 7) is 2.61. The summed E-state index contributed by atoms with van der Waals surface area (Å²) in [5.74, 6) is 0.873. The lowest BCUT2D eigenvalue weighted by molar-refractivity contribution is 0.199. The predicted octanol–water partition coefficient (Wildman–Crippen LogP) is 3.38. The third-order valence-electron chi connectivity index (χ3n) is 3.40. The maximum atomic E-state index is 9.51. The van der Waals surface area contributed by atoms with Crippen LogP contribution in [0.4, 0.5) is 5.69 Å². The first-order valence-corrected chi connectivity index (χ1v) is 6.72. The molecule has 0 aliphatic carbocycles. The van der Waals surface area contributed by atoms with Crippen LogP contribution in [0.15, 0.2) is 48.5 Å². The zero-order valence-electron chi connectivity index (χ0n) is 12.2. The molecule has 0 spiro atoms. The van der Waals surface area contributed by atoms with Crippen LogP contribution in [0.3, 0.4) is 0 Å². The first-order valence-electron chi connectivity index (χ1n) is 6.72. The van der Waals surface area contributed by atoms with Gasteiger partial charge in [0.1, 0.15) is 5.75 Å². The molecular weight excluding hydrogens is 250 g/mol. The van der Waals surface area contributed by atoms with E-state index in [1.165, 1.54) is 5.56 Å². The van der Waals surface area contributed by atoms with E-state index >= 15 is 0 Å². The molecule has 0 saturated heterocycles. The molecule has 2 rings (SSSR count). The van der Waals surface area contributed by atoms with E-state index in [-0.39, 0.29) is 0 Å². The Balaban J connectivity index is 2.04. The topological polar surface area (TPSA) is 32.7 Å². The van der Waals surface area contributed by atoms with Gasteiger partial charge in [0.25, 0.3) is 0 Å². The molecule has 3 nitrogen and oxygen atoms in total. The zero-order chi connectivity index (χ0) is 14.5. The number of ether oxygens (including phenoxy) is 1. The smallest absolute Gasteiger partial charge is 0.118 e. The number of hydrogen-bond acceptors (Lipinski definition) is 3. The minimum Gasteiger partial charge on any atom is -0.497 e. The van der Waals surface area contributed by atoms with Crippen LogP contribution in [-0.2, 0) is 6.54 Å². The normalized spacial score (nSPS) is 12.0. The van der Waals surface area contributed by atoms with E-state index in [9.17, 15) is 5.11 Å². The van der Waals surface area contributed by atoms with Crippen molar-refractivity contribution >= 4 is 5.69 Å². The highest BCUT2D eigenvalue weighted by Crippen LogP contribution is 2.20. The van der Waals surface area contributed by atoms with Crippen molar-refractivity contribution in [2.45, 2.75) is 19.6 Å². The fraction of sp³-hybridized carbons (Fsp3) is 0.294. The van der Waals surface area contributed by atoms with E-state index in [4.69, 9.17) is 4.74 Å². The molecule has 0 amide bonds. The number of hydrogen-bond donors (Lipinski definition) is 1. The molecule has 106 valence electrons. The van der Waals surface area contributed by atoms with Crippen molar-refractivity contribution < 1.29 is 9.84 Å². The molecule has 0 radical (unpaired) electrons. The van der Waals surface area contributed by atoms with Crippen LogP contribution in [-0.4, -0.2) is 19.3 Å². The Bertz CT molecular complexity index is 532. The number of methoxy groups -OCH3 is 1. The van der Waals surface area contributed by atoms with Gasteiger partial charge in [-0.3, -0.25) is 0 Å². The molecule has 0 bridgehead atoms. The van der Waals surface area contributed by atoms with Gasteiger partial charge < -0.3 is 14.7 Å². The van der Waals surface area contributed by atoms with Crippen LogP contribution in [0.2, 0.25) is 0 Å². The first kappa shape index (κ1) is 14.4. The monoisotopic (exact) mass is 271 g/mol. The van der Waals surface area contributed by atoms with Gasteiger partial charge in [-0.15, -0.1) is 0 Å². The van der Waals surface area contributed by atoms with Gasteiger partial charge in [-0.2, -0.15) is 0 Å². The molecule has 20 heavy (non-hydrogen) atoms. The first-order chi connectivity index (χ1) is 9.60. The second kappa shape index (κ2) is 6.44. The van der Waals surface area contributed by atoms with E-state index in [1.54, 1.807) is 14.0 Å². The summed E-state index contributed by atoms with van der Waals surface area (Å²) < 4.78 is 5.16. The maximum absolute atomic E-state index is 9.51. The largest absolute Gasteiger partial charge is 0.497 e. The van der Waals surface area contributed by atoms with E-state index in [1.807, 2.05) is 36.4 Å². The Kier molecular flexibility index (Phi) is 4.64. The lowest BCUT2D eigenvalue weighted by Gasteiger charge is -2.20. The predicted molar refractivity (Wildman–Crippen MR) is 82.2 cm³/mol. The van der Waals surface area contributed by atoms with Gasteiger partial charge in [-0.25, -0.2) is 0 Å². The van der Waals surface area contributed by atoms with Gasteiger partial charge >= 0.3 is 0 Å². The van der Waals surface area contributed by atoms with Crippen LogP contribution in [0, 0.1) is 0 Å². The van der Waals surface area contributed by atoms with Crippen molar-refractivity contribution in [1.29, 1.82) is 0 Å². The minimum atomic E-state index is -0.420. The lowest BCUT2D eigenvalue weighted by Crippen LogP contribution is -2.16. The molecule has 1 atom stereocenters. The number of aliphatic hydroxyl groups excluding tert-OH is 1. The van der Waals surface area contributed by atoms with Gasteiger partial charge in [0.2, 0.25) is 0 Å². The van der Waals surface area contributed by atoms with Crippen LogP contribution in [0.25, 0.3) is 0 Å². The Morgan fingerprint density at radius 2 is 1.65 bits per heavy atom. The molecule has 0 aliphatic heterocycles. The summed E-state index contributed by atoms with van der Waals surface area (Å²) in [6.07, 6.45) is -0.420. The average molecular weight is 271 g/mol. The lowest BCUT2D eigenvalue weighted by atomic mass is 10.1. The van der Waals surface area contributed by atoms with Crippen molar-refractivity contribution in [3.8, 4) is 5.75 Å². The zero-order valence-corrected chi connectivity index (χ0v) is 12.2.